The molecule has 0 heterocycles. The molecule has 0 atom stereocenters. The maximum Gasteiger partial charge on any atom is 0.126 e. The summed E-state index contributed by atoms with van der Waals surface area (Å²) in [6.45, 7) is 2.20. The van der Waals surface area contributed by atoms with Crippen molar-refractivity contribution < 1.29 is 4.74 Å². The van der Waals surface area contributed by atoms with Gasteiger partial charge in [0.2, 0.25) is 0 Å². The Bertz CT molecular complexity index is 455. The Morgan fingerprint density at radius 1 is 1.07 bits per heavy atom. The van der Waals surface area contributed by atoms with E-state index in [1.165, 1.54) is 16.3 Å². The van der Waals surface area contributed by atoms with Gasteiger partial charge in [-0.3, -0.25) is 0 Å². The van der Waals surface area contributed by atoms with E-state index >= 15 is 0 Å². The number of methoxy groups -OCH3 is 1. The van der Waals surface area contributed by atoms with Crippen LogP contribution in [0.4, 0.5) is 0 Å². The van der Waals surface area contributed by atoms with Gasteiger partial charge in [0.25, 0.3) is 0 Å². The van der Waals surface area contributed by atoms with Gasteiger partial charge in [-0.05, 0) is 23.4 Å². The van der Waals surface area contributed by atoms with Crippen molar-refractivity contribution in [1.82, 2.24) is 0 Å². The van der Waals surface area contributed by atoms with Crippen LogP contribution in [0.15, 0.2) is 36.4 Å². The summed E-state index contributed by atoms with van der Waals surface area (Å²) in [6, 6.07) is 12.6. The second kappa shape index (κ2) is 4.35. The van der Waals surface area contributed by atoms with Crippen LogP contribution in [0.25, 0.3) is 10.8 Å². The molecule has 0 radical (unpaired) electrons. The lowest BCUT2D eigenvalue weighted by atomic mass is 10.0. The first-order valence-corrected chi connectivity index (χ1v) is 5.41. The minimum absolute atomic E-state index is 0.983. The zero-order valence-corrected chi connectivity index (χ0v) is 9.29. The number of hydrogen-bond donors (Lipinski definition) is 0. The molecule has 0 fully saturated rings. The van der Waals surface area contributed by atoms with Crippen LogP contribution in [-0.4, -0.2) is 7.11 Å². The van der Waals surface area contributed by atoms with E-state index in [1.807, 2.05) is 12.1 Å². The van der Waals surface area contributed by atoms with E-state index in [0.717, 1.165) is 18.6 Å². The fourth-order valence-corrected chi connectivity index (χ4v) is 2.03. The van der Waals surface area contributed by atoms with Crippen molar-refractivity contribution in [3.8, 4) is 5.75 Å². The summed E-state index contributed by atoms with van der Waals surface area (Å²) >= 11 is 0. The molecule has 0 amide bonds. The van der Waals surface area contributed by atoms with Crippen LogP contribution < -0.4 is 4.74 Å². The zero-order valence-electron chi connectivity index (χ0n) is 9.29. The molecule has 0 saturated carbocycles. The van der Waals surface area contributed by atoms with Gasteiger partial charge in [-0.15, -0.1) is 0 Å². The van der Waals surface area contributed by atoms with Crippen molar-refractivity contribution in [2.75, 3.05) is 7.11 Å². The van der Waals surface area contributed by atoms with Crippen molar-refractivity contribution >= 4 is 10.8 Å². The van der Waals surface area contributed by atoms with Gasteiger partial charge >= 0.3 is 0 Å². The topological polar surface area (TPSA) is 9.23 Å². The first-order valence-electron chi connectivity index (χ1n) is 5.41. The average molecular weight is 200 g/mol. The number of rotatable bonds is 3. The summed E-state index contributed by atoms with van der Waals surface area (Å²) in [5.74, 6) is 0.983. The first-order chi connectivity index (χ1) is 7.36. The van der Waals surface area contributed by atoms with Crippen LogP contribution in [-0.2, 0) is 6.42 Å². The van der Waals surface area contributed by atoms with Gasteiger partial charge in [0.15, 0.2) is 0 Å². The number of fused-ring (bicyclic) bond motifs is 1. The highest BCUT2D eigenvalue weighted by atomic mass is 16.5. The molecule has 0 spiro atoms. The van der Waals surface area contributed by atoms with Crippen molar-refractivity contribution in [3.63, 3.8) is 0 Å². The number of hydrogen-bond acceptors (Lipinski definition) is 1. The second-order valence-corrected chi connectivity index (χ2v) is 3.73. The van der Waals surface area contributed by atoms with Crippen LogP contribution in [0.5, 0.6) is 5.75 Å². The molecule has 78 valence electrons. The van der Waals surface area contributed by atoms with Gasteiger partial charge in [0, 0.05) is 5.39 Å². The fraction of sp³-hybridized carbons (Fsp3) is 0.286. The molecule has 1 heteroatoms. The lowest BCUT2D eigenvalue weighted by molar-refractivity contribution is 0.419. The summed E-state index contributed by atoms with van der Waals surface area (Å²) in [6.07, 6.45) is 2.27. The third-order valence-corrected chi connectivity index (χ3v) is 2.69. The Hall–Kier alpha value is -1.50. The van der Waals surface area contributed by atoms with E-state index in [4.69, 9.17) is 4.74 Å². The molecule has 2 rings (SSSR count). The van der Waals surface area contributed by atoms with Gasteiger partial charge in [-0.2, -0.15) is 0 Å². The van der Waals surface area contributed by atoms with Gasteiger partial charge in [0.05, 0.1) is 7.11 Å². The summed E-state index contributed by atoms with van der Waals surface area (Å²) < 4.78 is 5.41. The van der Waals surface area contributed by atoms with Crippen molar-refractivity contribution in [3.05, 3.63) is 42.0 Å². The largest absolute Gasteiger partial charge is 0.496 e. The maximum atomic E-state index is 5.41. The minimum atomic E-state index is 0.983. The summed E-state index contributed by atoms with van der Waals surface area (Å²) in [7, 11) is 1.73. The summed E-state index contributed by atoms with van der Waals surface area (Å²) in [4.78, 5) is 0. The minimum Gasteiger partial charge on any atom is -0.496 e. The molecule has 1 nitrogen and oxygen atoms in total. The molecule has 15 heavy (non-hydrogen) atoms. The van der Waals surface area contributed by atoms with E-state index < -0.39 is 0 Å². The van der Waals surface area contributed by atoms with E-state index in [1.54, 1.807) is 7.11 Å². The summed E-state index contributed by atoms with van der Waals surface area (Å²) in [5, 5.41) is 2.53. The van der Waals surface area contributed by atoms with Crippen LogP contribution in [0.2, 0.25) is 0 Å². The van der Waals surface area contributed by atoms with Crippen molar-refractivity contribution in [2.45, 2.75) is 19.8 Å². The van der Waals surface area contributed by atoms with Crippen LogP contribution in [0, 0.1) is 0 Å². The highest BCUT2D eigenvalue weighted by molar-refractivity contribution is 5.91. The average Bonchev–Trinajstić information content (AvgIpc) is 2.29. The molecule has 0 aromatic heterocycles. The highest BCUT2D eigenvalue weighted by Crippen LogP contribution is 2.29. The van der Waals surface area contributed by atoms with E-state index in [2.05, 4.69) is 31.2 Å². The molecule has 0 unspecified atom stereocenters. The smallest absolute Gasteiger partial charge is 0.126 e. The number of ether oxygens (including phenoxy) is 1. The molecule has 0 aliphatic rings. The molecule has 0 bridgehead atoms. The molecule has 0 aliphatic heterocycles. The predicted molar refractivity (Wildman–Crippen MR) is 64.5 cm³/mol. The molecule has 0 N–H and O–H groups in total. The molecule has 2 aromatic carbocycles. The van der Waals surface area contributed by atoms with Gasteiger partial charge in [-0.25, -0.2) is 0 Å². The monoisotopic (exact) mass is 200 g/mol. The van der Waals surface area contributed by atoms with Crippen molar-refractivity contribution in [1.29, 1.82) is 0 Å². The second-order valence-electron chi connectivity index (χ2n) is 3.73. The molecule has 2 aromatic rings. The van der Waals surface area contributed by atoms with Crippen LogP contribution in [0.3, 0.4) is 0 Å². The van der Waals surface area contributed by atoms with E-state index in [0.29, 0.717) is 0 Å². The van der Waals surface area contributed by atoms with Gasteiger partial charge in [0.1, 0.15) is 5.75 Å². The molecule has 0 aliphatic carbocycles. The Balaban J connectivity index is 2.69. The Labute approximate surface area is 90.7 Å². The Kier molecular flexibility index (Phi) is 2.91. The maximum absolute atomic E-state index is 5.41. The summed E-state index contributed by atoms with van der Waals surface area (Å²) in [5.41, 5.74) is 1.38. The van der Waals surface area contributed by atoms with E-state index in [9.17, 15) is 0 Å². The molecular weight excluding hydrogens is 184 g/mol. The third-order valence-electron chi connectivity index (χ3n) is 2.69. The Morgan fingerprint density at radius 3 is 2.47 bits per heavy atom. The normalized spacial score (nSPS) is 10.5. The lowest BCUT2D eigenvalue weighted by Crippen LogP contribution is -1.90. The number of aryl methyl sites for hydroxylation is 1. The van der Waals surface area contributed by atoms with Gasteiger partial charge in [-0.1, -0.05) is 43.7 Å². The standard InChI is InChI=1S/C14H16O/c1-3-6-11-7-4-8-12-9-5-10-13(15-2)14(11)12/h4-5,7-10H,3,6H2,1-2H3. The highest BCUT2D eigenvalue weighted by Gasteiger charge is 2.05. The molecule has 0 saturated heterocycles. The SMILES string of the molecule is CCCc1cccc2cccc(OC)c12. The lowest BCUT2D eigenvalue weighted by Gasteiger charge is -2.09. The van der Waals surface area contributed by atoms with Crippen molar-refractivity contribution in [2.24, 2.45) is 0 Å². The van der Waals surface area contributed by atoms with Crippen LogP contribution >= 0.6 is 0 Å². The number of benzene rings is 2. The quantitative estimate of drug-likeness (QED) is 0.732. The Morgan fingerprint density at radius 2 is 1.80 bits per heavy atom. The molecular formula is C14H16O. The van der Waals surface area contributed by atoms with Gasteiger partial charge < -0.3 is 4.74 Å². The van der Waals surface area contributed by atoms with E-state index in [-0.39, 0.29) is 0 Å². The third kappa shape index (κ3) is 1.82. The predicted octanol–water partition coefficient (Wildman–Crippen LogP) is 3.80. The zero-order chi connectivity index (χ0) is 10.7. The fourth-order valence-electron chi connectivity index (χ4n) is 2.03. The van der Waals surface area contributed by atoms with Crippen LogP contribution in [0.1, 0.15) is 18.9 Å². The first kappa shape index (κ1) is 10.0.